The fourth-order valence-electron chi connectivity index (χ4n) is 2.49. The van der Waals surface area contributed by atoms with Crippen LogP contribution >= 0.6 is 0 Å². The predicted octanol–water partition coefficient (Wildman–Crippen LogP) is 4.28. The third-order valence-corrected chi connectivity index (χ3v) is 3.08. The van der Waals surface area contributed by atoms with E-state index in [1.54, 1.807) is 7.11 Å². The van der Waals surface area contributed by atoms with E-state index in [0.29, 0.717) is 5.92 Å². The van der Waals surface area contributed by atoms with Gasteiger partial charge in [-0.1, -0.05) is 27.7 Å². The molecular weight excluding hydrogens is 254 g/mol. The molecule has 2 heterocycles. The van der Waals surface area contributed by atoms with Crippen LogP contribution in [0.15, 0.2) is 4.99 Å². The lowest BCUT2D eigenvalue weighted by molar-refractivity contribution is -0.229. The largest absolute Gasteiger partial charge is 0.472 e. The molecule has 122 valence electrons. The van der Waals surface area contributed by atoms with E-state index in [1.807, 2.05) is 27.7 Å². The van der Waals surface area contributed by atoms with Crippen LogP contribution in [0.25, 0.3) is 0 Å². The van der Waals surface area contributed by atoms with Crippen LogP contribution in [0.3, 0.4) is 0 Å². The Balaban J connectivity index is 0. The summed E-state index contributed by atoms with van der Waals surface area (Å²) in [5.41, 5.74) is 0. The first-order chi connectivity index (χ1) is 9.60. The average Bonchev–Trinajstić information content (AvgIpc) is 2.83. The van der Waals surface area contributed by atoms with Crippen molar-refractivity contribution in [2.24, 2.45) is 10.9 Å². The summed E-state index contributed by atoms with van der Waals surface area (Å²) in [4.78, 5) is 4.48. The minimum absolute atomic E-state index is 0. The summed E-state index contributed by atoms with van der Waals surface area (Å²) in [7, 11) is 1.67. The van der Waals surface area contributed by atoms with Crippen molar-refractivity contribution < 1.29 is 15.6 Å². The minimum atomic E-state index is -0.242. The molecule has 2 saturated heterocycles. The molecular formula is C16H35NO3. The molecule has 0 aromatic heterocycles. The van der Waals surface area contributed by atoms with E-state index < -0.39 is 0 Å². The van der Waals surface area contributed by atoms with Crippen molar-refractivity contribution in [3.8, 4) is 0 Å². The van der Waals surface area contributed by atoms with Crippen LogP contribution in [0.5, 0.6) is 0 Å². The minimum Gasteiger partial charge on any atom is -0.472 e. The van der Waals surface area contributed by atoms with Crippen LogP contribution in [0.1, 0.15) is 62.7 Å². The van der Waals surface area contributed by atoms with E-state index in [-0.39, 0.29) is 26.0 Å². The second-order valence-corrected chi connectivity index (χ2v) is 4.95. The van der Waals surface area contributed by atoms with Gasteiger partial charge in [-0.15, -0.1) is 0 Å². The maximum absolute atomic E-state index is 5.83. The quantitative estimate of drug-likeness (QED) is 0.762. The molecule has 0 aromatic rings. The van der Waals surface area contributed by atoms with Crippen molar-refractivity contribution >= 4 is 5.90 Å². The fourth-order valence-corrected chi connectivity index (χ4v) is 2.49. The highest BCUT2D eigenvalue weighted by Gasteiger charge is 2.44. The third-order valence-electron chi connectivity index (χ3n) is 3.08. The van der Waals surface area contributed by atoms with Gasteiger partial charge in [-0.3, -0.25) is 4.99 Å². The van der Waals surface area contributed by atoms with Gasteiger partial charge in [-0.2, -0.15) is 0 Å². The van der Waals surface area contributed by atoms with Crippen molar-refractivity contribution in [2.45, 2.75) is 85.8 Å². The lowest BCUT2D eigenvalue weighted by Gasteiger charge is -2.34. The highest BCUT2D eigenvalue weighted by atomic mass is 16.7. The van der Waals surface area contributed by atoms with Gasteiger partial charge < -0.3 is 14.2 Å². The maximum Gasteiger partial charge on any atom is 0.194 e. The first-order valence-electron chi connectivity index (χ1n) is 8.01. The van der Waals surface area contributed by atoms with Gasteiger partial charge in [-0.05, 0) is 27.2 Å². The molecule has 0 spiro atoms. The molecule has 0 N–H and O–H groups in total. The lowest BCUT2D eigenvalue weighted by atomic mass is 9.92. The fraction of sp³-hybridized carbons (Fsp3) is 0.938. The van der Waals surface area contributed by atoms with Crippen LogP contribution in [-0.2, 0) is 14.2 Å². The standard InChI is InChI=1S/C12H21NO3.2C2H6.H2/c1-7(2)13-10-6-9-5-8(3)15-12(14-4)11(9)16-10;2*1-2;/h7-9,11-12H,5-6H2,1-4H3;2*1-2H3;1H/t8-,9-,11-,12-;;;/m1.../s1. The van der Waals surface area contributed by atoms with Crippen LogP contribution in [0, 0.1) is 5.92 Å². The molecule has 20 heavy (non-hydrogen) atoms. The van der Waals surface area contributed by atoms with Gasteiger partial charge in [0.25, 0.3) is 0 Å². The zero-order valence-electron chi connectivity index (χ0n) is 14.5. The third kappa shape index (κ3) is 5.41. The Labute approximate surface area is 126 Å². The maximum atomic E-state index is 5.83. The highest BCUT2D eigenvalue weighted by Crippen LogP contribution is 2.36. The molecule has 2 fully saturated rings. The molecule has 0 bridgehead atoms. The van der Waals surface area contributed by atoms with Gasteiger partial charge in [0.1, 0.15) is 0 Å². The number of fused-ring (bicyclic) bond motifs is 1. The molecule has 2 aliphatic rings. The van der Waals surface area contributed by atoms with E-state index in [0.717, 1.165) is 18.7 Å². The second-order valence-electron chi connectivity index (χ2n) is 4.95. The molecule has 0 aromatic carbocycles. The Bertz CT molecular complexity index is 285. The van der Waals surface area contributed by atoms with Gasteiger partial charge >= 0.3 is 0 Å². The molecule has 0 aliphatic carbocycles. The number of hydrogen-bond donors (Lipinski definition) is 0. The number of ether oxygens (including phenoxy) is 3. The Hall–Kier alpha value is -0.610. The summed E-state index contributed by atoms with van der Waals surface area (Å²) < 4.78 is 16.9. The molecule has 4 heteroatoms. The topological polar surface area (TPSA) is 40.0 Å². The molecule has 0 saturated carbocycles. The van der Waals surface area contributed by atoms with Gasteiger partial charge in [0.05, 0.1) is 6.10 Å². The molecule has 2 aliphatic heterocycles. The summed E-state index contributed by atoms with van der Waals surface area (Å²) >= 11 is 0. The number of aliphatic imine (C=N–C) groups is 1. The smallest absolute Gasteiger partial charge is 0.194 e. The number of methoxy groups -OCH3 is 1. The van der Waals surface area contributed by atoms with Crippen LogP contribution in [0.4, 0.5) is 0 Å². The summed E-state index contributed by atoms with van der Waals surface area (Å²) in [6.45, 7) is 14.2. The predicted molar refractivity (Wildman–Crippen MR) is 86.3 cm³/mol. The Morgan fingerprint density at radius 3 is 2.35 bits per heavy atom. The molecule has 0 unspecified atom stereocenters. The van der Waals surface area contributed by atoms with E-state index in [2.05, 4.69) is 25.8 Å². The van der Waals surface area contributed by atoms with Crippen molar-refractivity contribution in [2.75, 3.05) is 7.11 Å². The summed E-state index contributed by atoms with van der Waals surface area (Å²) in [5, 5.41) is 0. The van der Waals surface area contributed by atoms with Crippen molar-refractivity contribution in [1.29, 1.82) is 0 Å². The Morgan fingerprint density at radius 2 is 1.85 bits per heavy atom. The van der Waals surface area contributed by atoms with Crippen molar-refractivity contribution in [3.63, 3.8) is 0 Å². The summed E-state index contributed by atoms with van der Waals surface area (Å²) in [5.74, 6) is 1.36. The zero-order valence-corrected chi connectivity index (χ0v) is 14.5. The number of rotatable bonds is 2. The number of hydrogen-bond acceptors (Lipinski definition) is 4. The van der Waals surface area contributed by atoms with Gasteiger partial charge in [0.15, 0.2) is 18.3 Å². The Morgan fingerprint density at radius 1 is 1.25 bits per heavy atom. The lowest BCUT2D eigenvalue weighted by Crippen LogP contribution is -2.43. The monoisotopic (exact) mass is 289 g/mol. The Kier molecular flexibility index (Phi) is 9.86. The normalized spacial score (nSPS) is 33.5. The SMILES string of the molecule is CC.CC.CO[C@@H]1O[C@H](C)C[C@@H]2CC(=NC(C)C)O[C@H]21.[HH]. The van der Waals surface area contributed by atoms with Gasteiger partial charge in [-0.25, -0.2) is 0 Å². The van der Waals surface area contributed by atoms with E-state index >= 15 is 0 Å². The average molecular weight is 289 g/mol. The summed E-state index contributed by atoms with van der Waals surface area (Å²) in [6, 6.07) is 0.287. The molecule has 4 atom stereocenters. The summed E-state index contributed by atoms with van der Waals surface area (Å²) in [6.07, 6.45) is 1.98. The number of nitrogens with zero attached hydrogens (tertiary/aromatic N) is 1. The van der Waals surface area contributed by atoms with Crippen molar-refractivity contribution in [1.82, 2.24) is 0 Å². The molecule has 4 nitrogen and oxygen atoms in total. The zero-order chi connectivity index (χ0) is 15.7. The van der Waals surface area contributed by atoms with Gasteiger partial charge in [0, 0.05) is 26.9 Å². The van der Waals surface area contributed by atoms with E-state index in [9.17, 15) is 0 Å². The van der Waals surface area contributed by atoms with Crippen LogP contribution < -0.4 is 0 Å². The van der Waals surface area contributed by atoms with Gasteiger partial charge in [0.2, 0.25) is 0 Å². The molecule has 0 amide bonds. The van der Waals surface area contributed by atoms with E-state index in [4.69, 9.17) is 14.2 Å². The first kappa shape index (κ1) is 19.4. The molecule has 0 radical (unpaired) electrons. The van der Waals surface area contributed by atoms with Crippen LogP contribution in [-0.4, -0.2) is 37.5 Å². The van der Waals surface area contributed by atoms with Crippen molar-refractivity contribution in [3.05, 3.63) is 0 Å². The molecule has 2 rings (SSSR count). The second kappa shape index (κ2) is 10.2. The first-order valence-corrected chi connectivity index (χ1v) is 8.01. The van der Waals surface area contributed by atoms with E-state index in [1.165, 1.54) is 0 Å². The highest BCUT2D eigenvalue weighted by molar-refractivity contribution is 5.78. The van der Waals surface area contributed by atoms with Crippen LogP contribution in [0.2, 0.25) is 0 Å².